The number of nitrogens with one attached hydrogen (secondary N) is 1. The molecule has 2 aliphatic heterocycles. The molecule has 2 atom stereocenters. The molecule has 190 valence electrons. The molecule has 3 aromatic rings. The highest BCUT2D eigenvalue weighted by molar-refractivity contribution is 6.02. The number of aromatic nitrogens is 3. The van der Waals surface area contributed by atoms with Crippen LogP contribution in [-0.2, 0) is 11.3 Å². The number of H-pyrrole nitrogens is 1. The third kappa shape index (κ3) is 4.72. The smallest absolute Gasteiger partial charge is 0.493 e. The lowest BCUT2D eigenvalue weighted by molar-refractivity contribution is -0.274. The van der Waals surface area contributed by atoms with Gasteiger partial charge in [-0.15, -0.1) is 18.3 Å². The first-order valence-electron chi connectivity index (χ1n) is 11.1. The number of carbonyl (C=O) groups is 2. The summed E-state index contributed by atoms with van der Waals surface area (Å²) in [6.45, 7) is 1.81. The van der Waals surface area contributed by atoms with Gasteiger partial charge in [0.15, 0.2) is 11.3 Å². The average molecular weight is 505 g/mol. The number of halogens is 3. The van der Waals surface area contributed by atoms with Crippen LogP contribution in [0, 0.1) is 11.8 Å². The largest absolute Gasteiger partial charge is 0.573 e. The summed E-state index contributed by atoms with van der Waals surface area (Å²) in [6.07, 6.45) is -5.27. The molecule has 2 fully saturated rings. The summed E-state index contributed by atoms with van der Waals surface area (Å²) in [5.41, 5.74) is 2.09. The minimum atomic E-state index is -4.77. The van der Waals surface area contributed by atoms with Crippen molar-refractivity contribution in [2.45, 2.75) is 13.0 Å². The number of methoxy groups -OCH3 is 1. The summed E-state index contributed by atoms with van der Waals surface area (Å²) in [4.78, 5) is 29.1. The lowest BCUT2D eigenvalue weighted by Crippen LogP contribution is -2.36. The molecule has 2 saturated heterocycles. The summed E-state index contributed by atoms with van der Waals surface area (Å²) in [5.74, 6) is 0.0801. The van der Waals surface area contributed by atoms with Crippen LogP contribution in [0.1, 0.15) is 15.9 Å². The number of fused-ring (bicyclic) bond motifs is 2. The first-order valence-corrected chi connectivity index (χ1v) is 11.1. The normalized spacial score (nSPS) is 19.4. The molecule has 2 amide bonds. The van der Waals surface area contributed by atoms with E-state index in [0.717, 1.165) is 12.1 Å². The van der Waals surface area contributed by atoms with Crippen LogP contribution >= 0.6 is 0 Å². The molecule has 13 heteroatoms. The van der Waals surface area contributed by atoms with Crippen molar-refractivity contribution in [1.82, 2.24) is 25.2 Å². The molecule has 0 aliphatic carbocycles. The van der Waals surface area contributed by atoms with Crippen molar-refractivity contribution in [3.8, 4) is 11.5 Å². The number of benzene rings is 2. The molecule has 36 heavy (non-hydrogen) atoms. The SMILES string of the molecule is COc1c(C(=O)N2C[C@H]3CN(C(=O)OCc4ccc(OC(F)(F)F)cc4)C[C@@H]3C2)ccc2[nH]nnc12. The minimum absolute atomic E-state index is 0.0775. The van der Waals surface area contributed by atoms with Gasteiger partial charge in [0.05, 0.1) is 18.2 Å². The van der Waals surface area contributed by atoms with E-state index in [1.807, 2.05) is 0 Å². The van der Waals surface area contributed by atoms with Gasteiger partial charge in [-0.3, -0.25) is 9.89 Å². The van der Waals surface area contributed by atoms with Crippen molar-refractivity contribution in [3.05, 3.63) is 47.5 Å². The number of rotatable bonds is 5. The second kappa shape index (κ2) is 9.21. The van der Waals surface area contributed by atoms with Gasteiger partial charge >= 0.3 is 12.5 Å². The van der Waals surface area contributed by atoms with Crippen LogP contribution in [0.15, 0.2) is 36.4 Å². The first kappa shape index (κ1) is 23.7. The molecule has 2 aliphatic rings. The Hall–Kier alpha value is -4.03. The summed E-state index contributed by atoms with van der Waals surface area (Å²) in [5, 5.41) is 10.5. The zero-order valence-electron chi connectivity index (χ0n) is 19.1. The fourth-order valence-corrected chi connectivity index (χ4v) is 4.77. The number of likely N-dealkylation sites (tertiary alicyclic amines) is 2. The first-order chi connectivity index (χ1) is 17.2. The van der Waals surface area contributed by atoms with E-state index in [0.29, 0.717) is 54.1 Å². The second-order valence-corrected chi connectivity index (χ2v) is 8.74. The molecule has 0 bridgehead atoms. The van der Waals surface area contributed by atoms with Crippen LogP contribution in [-0.4, -0.2) is 76.9 Å². The van der Waals surface area contributed by atoms with E-state index in [1.54, 1.807) is 21.9 Å². The van der Waals surface area contributed by atoms with Gasteiger partial charge in [-0.1, -0.05) is 17.3 Å². The van der Waals surface area contributed by atoms with Crippen LogP contribution in [0.2, 0.25) is 0 Å². The average Bonchev–Trinajstić information content (AvgIpc) is 3.56. The molecule has 5 rings (SSSR count). The van der Waals surface area contributed by atoms with Crippen molar-refractivity contribution >= 4 is 23.0 Å². The second-order valence-electron chi connectivity index (χ2n) is 8.74. The number of alkyl halides is 3. The van der Waals surface area contributed by atoms with Gasteiger partial charge in [0.2, 0.25) is 0 Å². The number of nitrogens with zero attached hydrogens (tertiary/aromatic N) is 4. The van der Waals surface area contributed by atoms with Crippen LogP contribution in [0.25, 0.3) is 11.0 Å². The topological polar surface area (TPSA) is 110 Å². The molecule has 0 saturated carbocycles. The van der Waals surface area contributed by atoms with E-state index in [4.69, 9.17) is 9.47 Å². The number of hydrogen-bond donors (Lipinski definition) is 1. The Bertz CT molecular complexity index is 1270. The molecule has 3 heterocycles. The standard InChI is InChI=1S/C23H22F3N5O5/c1-34-20-17(6-7-18-19(20)28-29-27-18)21(32)30-8-14-10-31(11-15(14)9-30)22(33)35-12-13-2-4-16(5-3-13)36-23(24,25)26/h2-7,14-15H,8-12H2,1H3,(H,27,28,29)/t14-,15-/m0/s1. The Morgan fingerprint density at radius 1 is 1.03 bits per heavy atom. The van der Waals surface area contributed by atoms with E-state index in [9.17, 15) is 22.8 Å². The Balaban J connectivity index is 1.14. The van der Waals surface area contributed by atoms with Gasteiger partial charge in [0, 0.05) is 38.0 Å². The number of ether oxygens (including phenoxy) is 3. The van der Waals surface area contributed by atoms with E-state index in [2.05, 4.69) is 20.1 Å². The third-order valence-corrected chi connectivity index (χ3v) is 6.44. The van der Waals surface area contributed by atoms with Gasteiger partial charge in [-0.05, 0) is 29.8 Å². The highest BCUT2D eigenvalue weighted by Crippen LogP contribution is 2.35. The Morgan fingerprint density at radius 3 is 2.33 bits per heavy atom. The van der Waals surface area contributed by atoms with Crippen LogP contribution in [0.3, 0.4) is 0 Å². The van der Waals surface area contributed by atoms with Gasteiger partial charge in [0.25, 0.3) is 5.91 Å². The van der Waals surface area contributed by atoms with E-state index < -0.39 is 12.5 Å². The predicted molar refractivity (Wildman–Crippen MR) is 118 cm³/mol. The molecular weight excluding hydrogens is 483 g/mol. The van der Waals surface area contributed by atoms with Crippen molar-refractivity contribution in [2.75, 3.05) is 33.3 Å². The molecule has 1 aromatic heterocycles. The maximum Gasteiger partial charge on any atom is 0.573 e. The molecule has 1 N–H and O–H groups in total. The monoisotopic (exact) mass is 505 g/mol. The van der Waals surface area contributed by atoms with Crippen molar-refractivity contribution in [3.63, 3.8) is 0 Å². The van der Waals surface area contributed by atoms with Gasteiger partial charge in [0.1, 0.15) is 12.4 Å². The summed E-state index contributed by atoms with van der Waals surface area (Å²) in [7, 11) is 1.48. The Labute approximate surface area is 202 Å². The van der Waals surface area contributed by atoms with E-state index >= 15 is 0 Å². The fourth-order valence-electron chi connectivity index (χ4n) is 4.77. The van der Waals surface area contributed by atoms with Crippen molar-refractivity contribution in [2.24, 2.45) is 11.8 Å². The minimum Gasteiger partial charge on any atom is -0.493 e. The van der Waals surface area contributed by atoms with E-state index in [1.165, 1.54) is 19.2 Å². The molecule has 10 nitrogen and oxygen atoms in total. The highest BCUT2D eigenvalue weighted by atomic mass is 19.4. The third-order valence-electron chi connectivity index (χ3n) is 6.44. The number of aromatic amines is 1. The molecule has 2 aromatic carbocycles. The summed E-state index contributed by atoms with van der Waals surface area (Å²) >= 11 is 0. The predicted octanol–water partition coefficient (Wildman–Crippen LogP) is 3.21. The maximum absolute atomic E-state index is 13.2. The zero-order chi connectivity index (χ0) is 25.4. The summed E-state index contributed by atoms with van der Waals surface area (Å²) in [6, 6.07) is 8.55. The lowest BCUT2D eigenvalue weighted by atomic mass is 10.0. The van der Waals surface area contributed by atoms with Gasteiger partial charge < -0.3 is 24.0 Å². The molecular formula is C23H22F3N5O5. The number of carbonyl (C=O) groups excluding carboxylic acids is 2. The van der Waals surface area contributed by atoms with Gasteiger partial charge in [-0.25, -0.2) is 4.79 Å². The number of amides is 2. The molecule has 0 radical (unpaired) electrons. The zero-order valence-corrected chi connectivity index (χ0v) is 19.1. The van der Waals surface area contributed by atoms with Gasteiger partial charge in [-0.2, -0.15) is 0 Å². The molecule has 0 spiro atoms. The van der Waals surface area contributed by atoms with Crippen LogP contribution in [0.5, 0.6) is 11.5 Å². The molecule has 0 unspecified atom stereocenters. The van der Waals surface area contributed by atoms with Crippen LogP contribution in [0.4, 0.5) is 18.0 Å². The maximum atomic E-state index is 13.2. The van der Waals surface area contributed by atoms with Crippen LogP contribution < -0.4 is 9.47 Å². The Kier molecular flexibility index (Phi) is 6.06. The number of hydrogen-bond acceptors (Lipinski definition) is 7. The Morgan fingerprint density at radius 2 is 1.69 bits per heavy atom. The fraction of sp³-hybridized carbons (Fsp3) is 0.391. The lowest BCUT2D eigenvalue weighted by Gasteiger charge is -2.22. The van der Waals surface area contributed by atoms with Crippen molar-refractivity contribution < 1.29 is 37.0 Å². The van der Waals surface area contributed by atoms with Crippen molar-refractivity contribution in [1.29, 1.82) is 0 Å². The van der Waals surface area contributed by atoms with E-state index in [-0.39, 0.29) is 30.1 Å². The summed E-state index contributed by atoms with van der Waals surface area (Å²) < 4.78 is 51.4. The quantitative estimate of drug-likeness (QED) is 0.567. The highest BCUT2D eigenvalue weighted by Gasteiger charge is 2.44.